The van der Waals surface area contributed by atoms with Crippen molar-refractivity contribution in [3.8, 4) is 0 Å². The summed E-state index contributed by atoms with van der Waals surface area (Å²) in [7, 11) is 0. The van der Waals surface area contributed by atoms with Crippen LogP contribution in [0.5, 0.6) is 0 Å². The molecule has 1 heterocycles. The summed E-state index contributed by atoms with van der Waals surface area (Å²) in [4.78, 5) is 4.89. The van der Waals surface area contributed by atoms with Crippen LogP contribution >= 0.6 is 0 Å². The van der Waals surface area contributed by atoms with E-state index in [4.69, 9.17) is 9.73 Å². The van der Waals surface area contributed by atoms with E-state index in [0.29, 0.717) is 12.0 Å². The molecule has 0 N–H and O–H groups in total. The van der Waals surface area contributed by atoms with Gasteiger partial charge in [-0.05, 0) is 43.2 Å². The Balaban J connectivity index is 1.67. The van der Waals surface area contributed by atoms with Crippen LogP contribution in [0.25, 0.3) is 0 Å². The van der Waals surface area contributed by atoms with Crippen molar-refractivity contribution in [3.05, 3.63) is 35.9 Å². The van der Waals surface area contributed by atoms with E-state index in [0.717, 1.165) is 29.9 Å². The number of hydrogen-bond donors (Lipinski definition) is 0. The molecule has 0 amide bonds. The topological polar surface area (TPSA) is 21.6 Å². The van der Waals surface area contributed by atoms with Crippen molar-refractivity contribution in [2.45, 2.75) is 25.3 Å². The highest BCUT2D eigenvalue weighted by Gasteiger charge is 2.49. The standard InChI is InChI=1S/C15H17NO/c1-2-4-10(5-3-1)15-16-14-12-7-6-11(8-12)13(14)9-17-15/h1-5,11-14H,6-9H2/t11-,12+,13-,14+/m0/s1. The molecule has 1 aromatic carbocycles. The molecule has 0 unspecified atom stereocenters. The van der Waals surface area contributed by atoms with Gasteiger partial charge in [0.05, 0.1) is 12.6 Å². The first-order chi connectivity index (χ1) is 8.42. The van der Waals surface area contributed by atoms with Gasteiger partial charge < -0.3 is 4.74 Å². The van der Waals surface area contributed by atoms with Gasteiger partial charge in [0.25, 0.3) is 0 Å². The minimum Gasteiger partial charge on any atom is -0.477 e. The van der Waals surface area contributed by atoms with Crippen LogP contribution in [0.4, 0.5) is 0 Å². The van der Waals surface area contributed by atoms with Crippen molar-refractivity contribution in [2.75, 3.05) is 6.61 Å². The summed E-state index contributed by atoms with van der Waals surface area (Å²) in [6.07, 6.45) is 4.19. The van der Waals surface area contributed by atoms with E-state index < -0.39 is 0 Å². The molecular formula is C15H17NO. The minimum atomic E-state index is 0.553. The predicted octanol–water partition coefficient (Wildman–Crippen LogP) is 2.88. The van der Waals surface area contributed by atoms with Gasteiger partial charge in [0.1, 0.15) is 0 Å². The highest BCUT2D eigenvalue weighted by atomic mass is 16.5. The zero-order valence-electron chi connectivity index (χ0n) is 9.88. The third-order valence-electron chi connectivity index (χ3n) is 4.74. The number of nitrogens with zero attached hydrogens (tertiary/aromatic N) is 1. The van der Waals surface area contributed by atoms with E-state index >= 15 is 0 Å². The molecule has 4 atom stereocenters. The lowest BCUT2D eigenvalue weighted by Crippen LogP contribution is -2.36. The number of hydrogen-bond acceptors (Lipinski definition) is 2. The van der Waals surface area contributed by atoms with Crippen LogP contribution in [0.2, 0.25) is 0 Å². The molecule has 0 aromatic heterocycles. The first-order valence-electron chi connectivity index (χ1n) is 6.68. The fourth-order valence-electron chi connectivity index (χ4n) is 3.90. The molecule has 88 valence electrons. The quantitative estimate of drug-likeness (QED) is 0.723. The van der Waals surface area contributed by atoms with Gasteiger partial charge in [-0.15, -0.1) is 0 Å². The normalized spacial score (nSPS) is 38.5. The average Bonchev–Trinajstić information content (AvgIpc) is 3.01. The van der Waals surface area contributed by atoms with Crippen LogP contribution in [0.3, 0.4) is 0 Å². The molecule has 17 heavy (non-hydrogen) atoms. The molecular weight excluding hydrogens is 210 g/mol. The van der Waals surface area contributed by atoms with Gasteiger partial charge >= 0.3 is 0 Å². The third-order valence-corrected chi connectivity index (χ3v) is 4.74. The Labute approximate surface area is 102 Å². The maximum Gasteiger partial charge on any atom is 0.216 e. The van der Waals surface area contributed by atoms with Crippen molar-refractivity contribution in [3.63, 3.8) is 0 Å². The summed E-state index contributed by atoms with van der Waals surface area (Å²) < 4.78 is 5.88. The van der Waals surface area contributed by atoms with Gasteiger partial charge in [0.15, 0.2) is 0 Å². The van der Waals surface area contributed by atoms with Gasteiger partial charge in [-0.1, -0.05) is 18.2 Å². The van der Waals surface area contributed by atoms with Crippen LogP contribution in [-0.2, 0) is 4.74 Å². The highest BCUT2D eigenvalue weighted by Crippen LogP contribution is 2.51. The lowest BCUT2D eigenvalue weighted by Gasteiger charge is -2.32. The molecule has 2 saturated carbocycles. The Kier molecular flexibility index (Phi) is 2.05. The van der Waals surface area contributed by atoms with Crippen molar-refractivity contribution in [1.82, 2.24) is 0 Å². The molecule has 2 heteroatoms. The van der Waals surface area contributed by atoms with Crippen molar-refractivity contribution in [2.24, 2.45) is 22.7 Å². The number of aliphatic imine (C=N–C) groups is 1. The van der Waals surface area contributed by atoms with Gasteiger partial charge in [-0.3, -0.25) is 0 Å². The maximum atomic E-state index is 5.88. The molecule has 0 radical (unpaired) electrons. The summed E-state index contributed by atoms with van der Waals surface area (Å²) >= 11 is 0. The van der Waals surface area contributed by atoms with Crippen LogP contribution < -0.4 is 0 Å². The number of fused-ring (bicyclic) bond motifs is 5. The van der Waals surface area contributed by atoms with E-state index in [1.807, 2.05) is 18.2 Å². The molecule has 0 spiro atoms. The highest BCUT2D eigenvalue weighted by molar-refractivity contribution is 5.94. The Hall–Kier alpha value is -1.31. The third kappa shape index (κ3) is 1.43. The fourth-order valence-corrected chi connectivity index (χ4v) is 3.90. The smallest absolute Gasteiger partial charge is 0.216 e. The summed E-state index contributed by atoms with van der Waals surface area (Å²) in [5, 5.41) is 0. The average molecular weight is 227 g/mol. The van der Waals surface area contributed by atoms with E-state index in [2.05, 4.69) is 12.1 Å². The number of benzene rings is 1. The first-order valence-corrected chi connectivity index (χ1v) is 6.68. The number of ether oxygens (including phenoxy) is 1. The van der Waals surface area contributed by atoms with E-state index in [1.54, 1.807) is 0 Å². The Morgan fingerprint density at radius 2 is 1.88 bits per heavy atom. The summed E-state index contributed by atoms with van der Waals surface area (Å²) in [6, 6.07) is 10.9. The fraction of sp³-hybridized carbons (Fsp3) is 0.533. The van der Waals surface area contributed by atoms with Crippen molar-refractivity contribution >= 4 is 5.90 Å². The Morgan fingerprint density at radius 1 is 1.06 bits per heavy atom. The molecule has 2 fully saturated rings. The molecule has 4 rings (SSSR count). The second kappa shape index (κ2) is 3.59. The number of rotatable bonds is 1. The lowest BCUT2D eigenvalue weighted by atomic mass is 9.84. The molecule has 1 aromatic rings. The Morgan fingerprint density at radius 3 is 2.76 bits per heavy atom. The first kappa shape index (κ1) is 9.69. The van der Waals surface area contributed by atoms with Crippen LogP contribution in [0.15, 0.2) is 35.3 Å². The van der Waals surface area contributed by atoms with Gasteiger partial charge in [0.2, 0.25) is 5.90 Å². The van der Waals surface area contributed by atoms with E-state index in [-0.39, 0.29) is 0 Å². The molecule has 1 aliphatic heterocycles. The van der Waals surface area contributed by atoms with Crippen LogP contribution in [0.1, 0.15) is 24.8 Å². The zero-order valence-corrected chi connectivity index (χ0v) is 9.88. The van der Waals surface area contributed by atoms with E-state index in [9.17, 15) is 0 Å². The summed E-state index contributed by atoms with van der Waals surface area (Å²) in [5.41, 5.74) is 1.13. The molecule has 2 bridgehead atoms. The molecule has 2 aliphatic carbocycles. The van der Waals surface area contributed by atoms with Crippen LogP contribution in [0, 0.1) is 17.8 Å². The Bertz CT molecular complexity index is 453. The van der Waals surface area contributed by atoms with Gasteiger partial charge in [0, 0.05) is 11.5 Å². The maximum absolute atomic E-state index is 5.88. The van der Waals surface area contributed by atoms with Crippen molar-refractivity contribution in [1.29, 1.82) is 0 Å². The summed E-state index contributed by atoms with van der Waals surface area (Å²) in [5.74, 6) is 3.32. The monoisotopic (exact) mass is 227 g/mol. The largest absolute Gasteiger partial charge is 0.477 e. The lowest BCUT2D eigenvalue weighted by molar-refractivity contribution is 0.145. The van der Waals surface area contributed by atoms with Crippen molar-refractivity contribution < 1.29 is 4.74 Å². The van der Waals surface area contributed by atoms with Gasteiger partial charge in [-0.2, -0.15) is 0 Å². The molecule has 0 saturated heterocycles. The van der Waals surface area contributed by atoms with E-state index in [1.165, 1.54) is 19.3 Å². The van der Waals surface area contributed by atoms with Gasteiger partial charge in [-0.25, -0.2) is 4.99 Å². The SMILES string of the molecule is c1ccc(C2=N[C@@H]3[C@@H]4CC[C@@H](C4)[C@@H]3CO2)cc1. The minimum absolute atomic E-state index is 0.553. The molecule has 3 aliphatic rings. The molecule has 2 nitrogen and oxygen atoms in total. The second-order valence-corrected chi connectivity index (χ2v) is 5.60. The summed E-state index contributed by atoms with van der Waals surface area (Å²) in [6.45, 7) is 0.888. The predicted molar refractivity (Wildman–Crippen MR) is 67.0 cm³/mol. The van der Waals surface area contributed by atoms with Crippen LogP contribution in [-0.4, -0.2) is 18.5 Å². The zero-order chi connectivity index (χ0) is 11.2. The second-order valence-electron chi connectivity index (χ2n) is 5.60.